The summed E-state index contributed by atoms with van der Waals surface area (Å²) in [7, 11) is 0. The van der Waals surface area contributed by atoms with Crippen molar-refractivity contribution in [1.29, 1.82) is 0 Å². The second kappa shape index (κ2) is 9.63. The van der Waals surface area contributed by atoms with E-state index in [-0.39, 0.29) is 0 Å². The molecule has 0 unspecified atom stereocenters. The van der Waals surface area contributed by atoms with Crippen LogP contribution in [0.15, 0.2) is 95.4 Å². The zero-order valence-corrected chi connectivity index (χ0v) is 21.9. The van der Waals surface area contributed by atoms with Crippen LogP contribution < -0.4 is 15.4 Å². The van der Waals surface area contributed by atoms with Crippen LogP contribution in [0.2, 0.25) is 0 Å². The van der Waals surface area contributed by atoms with Crippen LogP contribution in [0.1, 0.15) is 25.2 Å². The van der Waals surface area contributed by atoms with Crippen LogP contribution in [0.25, 0.3) is 27.6 Å². The first-order valence-corrected chi connectivity index (χ1v) is 12.8. The Kier molecular flexibility index (Phi) is 6.00. The molecular weight excluding hydrogens is 472 g/mol. The van der Waals surface area contributed by atoms with Crippen LogP contribution >= 0.6 is 0 Å². The first kappa shape index (κ1) is 23.7. The van der Waals surface area contributed by atoms with E-state index in [1.165, 1.54) is 0 Å². The Bertz CT molecular complexity index is 1760. The maximum absolute atomic E-state index is 6.45. The summed E-state index contributed by atoms with van der Waals surface area (Å²) in [5.41, 5.74) is 7.45. The molecule has 2 N–H and O–H groups in total. The highest BCUT2D eigenvalue weighted by Gasteiger charge is 2.16. The van der Waals surface area contributed by atoms with Gasteiger partial charge in [-0.15, -0.1) is 0 Å². The standard InChI is InChI=1S/C32H30N4O2/c1-20(2)33-28-13-6-7-14-29(28)34-30-19-25(18-27-26-12-5-8-15-31(26)38-32(27)30)37-24-11-9-10-23(17-24)36-22(4)16-21(3)35-36/h5-20,33-34H,1-4H3. The van der Waals surface area contributed by atoms with Gasteiger partial charge in [0.1, 0.15) is 17.1 Å². The smallest absolute Gasteiger partial charge is 0.159 e. The van der Waals surface area contributed by atoms with E-state index >= 15 is 0 Å². The van der Waals surface area contributed by atoms with Crippen molar-refractivity contribution in [3.63, 3.8) is 0 Å². The summed E-state index contributed by atoms with van der Waals surface area (Å²) in [6.07, 6.45) is 0. The number of benzene rings is 4. The van der Waals surface area contributed by atoms with Crippen LogP contribution in [0.3, 0.4) is 0 Å². The molecule has 0 atom stereocenters. The lowest BCUT2D eigenvalue weighted by atomic mass is 10.1. The first-order chi connectivity index (χ1) is 18.4. The third kappa shape index (κ3) is 4.57. The SMILES string of the molecule is Cc1cc(C)n(-c2cccc(Oc3cc(Nc4ccccc4NC(C)C)c4oc5ccccc5c4c3)c2)n1. The fraction of sp³-hybridized carbons (Fsp3) is 0.156. The molecule has 0 radical (unpaired) electrons. The lowest BCUT2D eigenvalue weighted by Crippen LogP contribution is -2.11. The Hall–Kier alpha value is -4.71. The third-order valence-electron chi connectivity index (χ3n) is 6.40. The molecule has 190 valence electrons. The monoisotopic (exact) mass is 502 g/mol. The highest BCUT2D eigenvalue weighted by atomic mass is 16.5. The number of anilines is 3. The third-order valence-corrected chi connectivity index (χ3v) is 6.40. The van der Waals surface area contributed by atoms with E-state index in [1.807, 2.05) is 78.3 Å². The molecule has 0 saturated carbocycles. The minimum Gasteiger partial charge on any atom is -0.457 e. The number of para-hydroxylation sites is 3. The number of furan rings is 1. The highest BCUT2D eigenvalue weighted by Crippen LogP contribution is 2.40. The molecule has 6 rings (SSSR count). The molecule has 0 aliphatic carbocycles. The van der Waals surface area contributed by atoms with E-state index in [0.29, 0.717) is 11.8 Å². The van der Waals surface area contributed by atoms with Gasteiger partial charge in [-0.25, -0.2) is 4.68 Å². The number of nitrogens with one attached hydrogen (secondary N) is 2. The molecule has 6 aromatic rings. The Labute approximate surface area is 221 Å². The predicted octanol–water partition coefficient (Wildman–Crippen LogP) is 8.74. The molecule has 0 aliphatic rings. The molecule has 4 aromatic carbocycles. The highest BCUT2D eigenvalue weighted by molar-refractivity contribution is 6.10. The van der Waals surface area contributed by atoms with E-state index in [1.54, 1.807) is 0 Å². The minimum absolute atomic E-state index is 0.299. The number of rotatable bonds is 7. The van der Waals surface area contributed by atoms with Gasteiger partial charge in [0, 0.05) is 34.6 Å². The Morgan fingerprint density at radius 3 is 2.34 bits per heavy atom. The van der Waals surface area contributed by atoms with Crippen LogP contribution in [0, 0.1) is 13.8 Å². The van der Waals surface area contributed by atoms with Crippen molar-refractivity contribution in [1.82, 2.24) is 9.78 Å². The predicted molar refractivity (Wildman–Crippen MR) is 155 cm³/mol. The number of aromatic nitrogens is 2. The van der Waals surface area contributed by atoms with Crippen LogP contribution in [0.5, 0.6) is 11.5 Å². The molecule has 2 aromatic heterocycles. The number of aryl methyl sites for hydroxylation is 2. The summed E-state index contributed by atoms with van der Waals surface area (Å²) in [6, 6.07) is 30.6. The first-order valence-electron chi connectivity index (χ1n) is 12.8. The average molecular weight is 503 g/mol. The van der Waals surface area contributed by atoms with Crippen molar-refractivity contribution >= 4 is 39.0 Å². The van der Waals surface area contributed by atoms with Crippen molar-refractivity contribution in [3.8, 4) is 17.2 Å². The fourth-order valence-corrected chi connectivity index (χ4v) is 4.83. The van der Waals surface area contributed by atoms with Crippen LogP contribution in [0.4, 0.5) is 17.1 Å². The molecule has 0 fully saturated rings. The summed E-state index contributed by atoms with van der Waals surface area (Å²) in [4.78, 5) is 0. The largest absolute Gasteiger partial charge is 0.457 e. The quantitative estimate of drug-likeness (QED) is 0.228. The van der Waals surface area contributed by atoms with E-state index in [9.17, 15) is 0 Å². The summed E-state index contributed by atoms with van der Waals surface area (Å²) in [5.74, 6) is 1.45. The molecule has 38 heavy (non-hydrogen) atoms. The zero-order chi connectivity index (χ0) is 26.2. The second-order valence-electron chi connectivity index (χ2n) is 9.85. The zero-order valence-electron chi connectivity index (χ0n) is 21.9. The summed E-state index contributed by atoms with van der Waals surface area (Å²) in [5, 5.41) is 13.8. The van der Waals surface area contributed by atoms with Crippen molar-refractivity contribution in [3.05, 3.63) is 102 Å². The lowest BCUT2D eigenvalue weighted by molar-refractivity contribution is 0.483. The molecule has 6 nitrogen and oxygen atoms in total. The maximum atomic E-state index is 6.45. The van der Waals surface area contributed by atoms with Crippen molar-refractivity contribution in [2.75, 3.05) is 10.6 Å². The number of ether oxygens (including phenoxy) is 1. The molecule has 2 heterocycles. The molecule has 0 saturated heterocycles. The summed E-state index contributed by atoms with van der Waals surface area (Å²) in [6.45, 7) is 8.30. The lowest BCUT2D eigenvalue weighted by Gasteiger charge is -2.17. The van der Waals surface area contributed by atoms with E-state index in [0.717, 1.165) is 61.8 Å². The van der Waals surface area contributed by atoms with Crippen LogP contribution in [-0.2, 0) is 0 Å². The molecule has 0 aliphatic heterocycles. The Balaban J connectivity index is 1.43. The Morgan fingerprint density at radius 2 is 1.55 bits per heavy atom. The van der Waals surface area contributed by atoms with E-state index in [4.69, 9.17) is 9.15 Å². The molecule has 6 heteroatoms. The van der Waals surface area contributed by atoms with Crippen molar-refractivity contribution in [2.45, 2.75) is 33.7 Å². The van der Waals surface area contributed by atoms with Gasteiger partial charge in [-0.1, -0.05) is 36.4 Å². The van der Waals surface area contributed by atoms with Crippen LogP contribution in [-0.4, -0.2) is 15.8 Å². The second-order valence-corrected chi connectivity index (χ2v) is 9.85. The average Bonchev–Trinajstić information content (AvgIpc) is 3.44. The van der Waals surface area contributed by atoms with Gasteiger partial charge in [0.2, 0.25) is 0 Å². The number of nitrogens with zero attached hydrogens (tertiary/aromatic N) is 2. The maximum Gasteiger partial charge on any atom is 0.159 e. The normalized spacial score (nSPS) is 11.4. The van der Waals surface area contributed by atoms with E-state index in [2.05, 4.69) is 60.8 Å². The van der Waals surface area contributed by atoms with Gasteiger partial charge >= 0.3 is 0 Å². The van der Waals surface area contributed by atoms with Crippen molar-refractivity contribution < 1.29 is 9.15 Å². The van der Waals surface area contributed by atoms with Gasteiger partial charge in [-0.05, 0) is 70.2 Å². The van der Waals surface area contributed by atoms with Gasteiger partial charge in [-0.3, -0.25) is 0 Å². The van der Waals surface area contributed by atoms with Gasteiger partial charge in [0.05, 0.1) is 28.4 Å². The van der Waals surface area contributed by atoms with E-state index < -0.39 is 0 Å². The topological polar surface area (TPSA) is 64.2 Å². The molecule has 0 amide bonds. The van der Waals surface area contributed by atoms with Gasteiger partial charge in [0.25, 0.3) is 0 Å². The summed E-state index contributed by atoms with van der Waals surface area (Å²) < 4.78 is 14.7. The number of hydrogen-bond donors (Lipinski definition) is 2. The summed E-state index contributed by atoms with van der Waals surface area (Å²) >= 11 is 0. The molecule has 0 spiro atoms. The minimum atomic E-state index is 0.299. The van der Waals surface area contributed by atoms with Gasteiger partial charge in [-0.2, -0.15) is 5.10 Å². The fourth-order valence-electron chi connectivity index (χ4n) is 4.83. The Morgan fingerprint density at radius 1 is 0.763 bits per heavy atom. The van der Waals surface area contributed by atoms with Crippen molar-refractivity contribution in [2.24, 2.45) is 0 Å². The van der Waals surface area contributed by atoms with Gasteiger partial charge < -0.3 is 19.8 Å². The number of fused-ring (bicyclic) bond motifs is 3. The number of hydrogen-bond acceptors (Lipinski definition) is 5. The van der Waals surface area contributed by atoms with Gasteiger partial charge in [0.15, 0.2) is 5.58 Å². The molecule has 0 bridgehead atoms. The molecular formula is C32H30N4O2.